The largest absolute Gasteiger partial charge is 0.294 e. The lowest BCUT2D eigenvalue weighted by Crippen LogP contribution is -2.06. The van der Waals surface area contributed by atoms with E-state index >= 15 is 0 Å². The highest BCUT2D eigenvalue weighted by Crippen LogP contribution is 2.20. The van der Waals surface area contributed by atoms with E-state index in [0.717, 1.165) is 0 Å². The minimum atomic E-state index is -0.588. The normalized spacial score (nSPS) is 10.4. The lowest BCUT2D eigenvalue weighted by Gasteiger charge is -2.05. The molecule has 0 heterocycles. The first-order chi connectivity index (χ1) is 8.58. The standard InChI is InChI=1S/C14H9ClF2O/c15-12-6-5-10(16)7-9(12)8-14(18)11-3-1-2-4-13(11)17/h1-7H,8H2. The Bertz CT molecular complexity index is 596. The SMILES string of the molecule is O=C(Cc1cc(F)ccc1Cl)c1ccccc1F. The molecule has 0 fully saturated rings. The molecule has 0 saturated carbocycles. The molecule has 0 radical (unpaired) electrons. The van der Waals surface area contributed by atoms with Gasteiger partial charge in [-0.2, -0.15) is 0 Å². The smallest absolute Gasteiger partial charge is 0.170 e. The number of hydrogen-bond donors (Lipinski definition) is 0. The predicted molar refractivity (Wildman–Crippen MR) is 65.8 cm³/mol. The first kappa shape index (κ1) is 12.7. The fourth-order valence-corrected chi connectivity index (χ4v) is 1.82. The van der Waals surface area contributed by atoms with Crippen molar-refractivity contribution in [2.45, 2.75) is 6.42 Å². The van der Waals surface area contributed by atoms with Gasteiger partial charge in [0.05, 0.1) is 5.56 Å². The number of halogens is 3. The lowest BCUT2D eigenvalue weighted by atomic mass is 10.0. The molecule has 2 rings (SSSR count). The fourth-order valence-electron chi connectivity index (χ4n) is 1.63. The third-order valence-electron chi connectivity index (χ3n) is 2.53. The highest BCUT2D eigenvalue weighted by Gasteiger charge is 2.13. The molecule has 0 aliphatic carbocycles. The molecule has 0 N–H and O–H groups in total. The van der Waals surface area contributed by atoms with E-state index in [1.165, 1.54) is 36.4 Å². The summed E-state index contributed by atoms with van der Waals surface area (Å²) in [6.07, 6.45) is -0.127. The van der Waals surface area contributed by atoms with Crippen LogP contribution in [-0.4, -0.2) is 5.78 Å². The van der Waals surface area contributed by atoms with Crippen LogP contribution in [0.2, 0.25) is 5.02 Å². The van der Waals surface area contributed by atoms with Gasteiger partial charge in [-0.1, -0.05) is 23.7 Å². The molecule has 4 heteroatoms. The summed E-state index contributed by atoms with van der Waals surface area (Å²) in [7, 11) is 0. The van der Waals surface area contributed by atoms with Gasteiger partial charge in [0.1, 0.15) is 11.6 Å². The average molecular weight is 267 g/mol. The Morgan fingerprint density at radius 3 is 2.56 bits per heavy atom. The van der Waals surface area contributed by atoms with Crippen LogP contribution in [0.15, 0.2) is 42.5 Å². The summed E-state index contributed by atoms with van der Waals surface area (Å²) in [6, 6.07) is 9.44. The maximum Gasteiger partial charge on any atom is 0.170 e. The molecule has 0 amide bonds. The van der Waals surface area contributed by atoms with E-state index in [-0.39, 0.29) is 12.0 Å². The molecule has 0 atom stereocenters. The van der Waals surface area contributed by atoms with E-state index in [2.05, 4.69) is 0 Å². The van der Waals surface area contributed by atoms with E-state index in [1.807, 2.05) is 0 Å². The molecular weight excluding hydrogens is 258 g/mol. The zero-order chi connectivity index (χ0) is 13.1. The third kappa shape index (κ3) is 2.74. The van der Waals surface area contributed by atoms with Crippen LogP contribution in [0.25, 0.3) is 0 Å². The Kier molecular flexibility index (Phi) is 3.72. The van der Waals surface area contributed by atoms with Crippen molar-refractivity contribution in [2.24, 2.45) is 0 Å². The number of hydrogen-bond acceptors (Lipinski definition) is 1. The van der Waals surface area contributed by atoms with Crippen molar-refractivity contribution >= 4 is 17.4 Å². The van der Waals surface area contributed by atoms with Gasteiger partial charge in [-0.05, 0) is 35.9 Å². The van der Waals surface area contributed by atoms with Gasteiger partial charge in [0.25, 0.3) is 0 Å². The fraction of sp³-hybridized carbons (Fsp3) is 0.0714. The predicted octanol–water partition coefficient (Wildman–Crippen LogP) is 4.04. The molecule has 0 spiro atoms. The Labute approximate surface area is 108 Å². The second-order valence-corrected chi connectivity index (χ2v) is 4.22. The second-order valence-electron chi connectivity index (χ2n) is 3.82. The molecular formula is C14H9ClF2O. The van der Waals surface area contributed by atoms with Crippen LogP contribution in [-0.2, 0) is 6.42 Å². The van der Waals surface area contributed by atoms with Crippen LogP contribution in [0.1, 0.15) is 15.9 Å². The van der Waals surface area contributed by atoms with Crippen LogP contribution in [0.3, 0.4) is 0 Å². The molecule has 0 unspecified atom stereocenters. The van der Waals surface area contributed by atoms with Crippen molar-refractivity contribution in [3.05, 3.63) is 70.2 Å². The summed E-state index contributed by atoms with van der Waals surface area (Å²) in [5.41, 5.74) is 0.336. The average Bonchev–Trinajstić information content (AvgIpc) is 2.34. The molecule has 0 saturated heterocycles. The Hall–Kier alpha value is -1.74. The molecule has 0 aliphatic heterocycles. The molecule has 1 nitrogen and oxygen atoms in total. The van der Waals surface area contributed by atoms with Gasteiger partial charge < -0.3 is 0 Å². The van der Waals surface area contributed by atoms with Crippen molar-refractivity contribution in [1.29, 1.82) is 0 Å². The van der Waals surface area contributed by atoms with Gasteiger partial charge in [-0.25, -0.2) is 8.78 Å². The topological polar surface area (TPSA) is 17.1 Å². The molecule has 0 aromatic heterocycles. The zero-order valence-corrected chi connectivity index (χ0v) is 10.0. The second kappa shape index (κ2) is 5.27. The van der Waals surface area contributed by atoms with Crippen LogP contribution >= 0.6 is 11.6 Å². The maximum atomic E-state index is 13.4. The van der Waals surface area contributed by atoms with E-state index in [4.69, 9.17) is 11.6 Å². The number of benzene rings is 2. The Balaban J connectivity index is 2.27. The summed E-state index contributed by atoms with van der Waals surface area (Å²) >= 11 is 5.85. The first-order valence-corrected chi connectivity index (χ1v) is 5.67. The molecule has 2 aromatic rings. The molecule has 18 heavy (non-hydrogen) atoms. The van der Waals surface area contributed by atoms with Gasteiger partial charge in [0, 0.05) is 11.4 Å². The summed E-state index contributed by atoms with van der Waals surface area (Å²) in [6.45, 7) is 0. The number of carbonyl (C=O) groups excluding carboxylic acids is 1. The summed E-state index contributed by atoms with van der Waals surface area (Å²) in [5, 5.41) is 0.293. The number of ketones is 1. The monoisotopic (exact) mass is 266 g/mol. The summed E-state index contributed by atoms with van der Waals surface area (Å²) in [4.78, 5) is 11.9. The van der Waals surface area contributed by atoms with Crippen LogP contribution in [0.5, 0.6) is 0 Å². The van der Waals surface area contributed by atoms with E-state index < -0.39 is 17.4 Å². The van der Waals surface area contributed by atoms with Crippen molar-refractivity contribution in [3.63, 3.8) is 0 Å². The maximum absolute atomic E-state index is 13.4. The Morgan fingerprint density at radius 2 is 1.83 bits per heavy atom. The molecule has 92 valence electrons. The van der Waals surface area contributed by atoms with Crippen LogP contribution < -0.4 is 0 Å². The Morgan fingerprint density at radius 1 is 1.11 bits per heavy atom. The number of carbonyl (C=O) groups is 1. The van der Waals surface area contributed by atoms with Crippen LogP contribution in [0, 0.1) is 11.6 Å². The van der Waals surface area contributed by atoms with Crippen molar-refractivity contribution in [2.75, 3.05) is 0 Å². The van der Waals surface area contributed by atoms with E-state index in [9.17, 15) is 13.6 Å². The molecule has 0 bridgehead atoms. The van der Waals surface area contributed by atoms with E-state index in [0.29, 0.717) is 10.6 Å². The zero-order valence-electron chi connectivity index (χ0n) is 9.29. The highest BCUT2D eigenvalue weighted by molar-refractivity contribution is 6.31. The number of rotatable bonds is 3. The minimum Gasteiger partial charge on any atom is -0.294 e. The molecule has 2 aromatic carbocycles. The van der Waals surface area contributed by atoms with Crippen molar-refractivity contribution < 1.29 is 13.6 Å². The quantitative estimate of drug-likeness (QED) is 0.766. The lowest BCUT2D eigenvalue weighted by molar-refractivity contribution is 0.0989. The molecule has 0 aliphatic rings. The van der Waals surface area contributed by atoms with Gasteiger partial charge in [0.2, 0.25) is 0 Å². The highest BCUT2D eigenvalue weighted by atomic mass is 35.5. The summed E-state index contributed by atoms with van der Waals surface area (Å²) < 4.78 is 26.4. The van der Waals surface area contributed by atoms with Gasteiger partial charge >= 0.3 is 0 Å². The van der Waals surface area contributed by atoms with Crippen LogP contribution in [0.4, 0.5) is 8.78 Å². The summed E-state index contributed by atoms with van der Waals surface area (Å²) in [5.74, 6) is -1.49. The van der Waals surface area contributed by atoms with Gasteiger partial charge in [-0.3, -0.25) is 4.79 Å². The van der Waals surface area contributed by atoms with E-state index in [1.54, 1.807) is 6.07 Å². The first-order valence-electron chi connectivity index (χ1n) is 5.29. The van der Waals surface area contributed by atoms with Crippen molar-refractivity contribution in [3.8, 4) is 0 Å². The van der Waals surface area contributed by atoms with Gasteiger partial charge in [-0.15, -0.1) is 0 Å². The van der Waals surface area contributed by atoms with Crippen molar-refractivity contribution in [1.82, 2.24) is 0 Å². The number of Topliss-reactive ketones (excluding diaryl/α,β-unsaturated/α-hetero) is 1. The third-order valence-corrected chi connectivity index (χ3v) is 2.90. The van der Waals surface area contributed by atoms with Gasteiger partial charge in [0.15, 0.2) is 5.78 Å². The minimum absolute atomic E-state index is 0.0159.